The molecule has 0 aromatic heterocycles. The smallest absolute Gasteiger partial charge is 0.264 e. The van der Waals surface area contributed by atoms with Crippen LogP contribution in [0.25, 0.3) is 0 Å². The molecule has 6 nitrogen and oxygen atoms in total. The first-order valence-corrected chi connectivity index (χ1v) is 13.3. The molecule has 7 heteroatoms. The number of rotatable bonds is 5. The Morgan fingerprint density at radius 2 is 1.53 bits per heavy atom. The zero-order chi connectivity index (χ0) is 26.3. The zero-order valence-corrected chi connectivity index (χ0v) is 22.4. The summed E-state index contributed by atoms with van der Waals surface area (Å²) in [4.78, 5) is 0.200. The van der Waals surface area contributed by atoms with Gasteiger partial charge in [0.2, 0.25) is 0 Å². The molecule has 1 heterocycles. The molecule has 1 aliphatic heterocycles. The molecule has 0 spiro atoms. The lowest BCUT2D eigenvalue weighted by Crippen LogP contribution is -2.40. The van der Waals surface area contributed by atoms with Crippen LogP contribution in [-0.4, -0.2) is 29.2 Å². The van der Waals surface area contributed by atoms with Gasteiger partial charge in [0.1, 0.15) is 0 Å². The first-order chi connectivity index (χ1) is 17.0. The molecule has 0 fully saturated rings. The van der Waals surface area contributed by atoms with Crippen molar-refractivity contribution in [2.75, 3.05) is 25.1 Å². The summed E-state index contributed by atoms with van der Waals surface area (Å²) in [5, 5.41) is 10.3. The summed E-state index contributed by atoms with van der Waals surface area (Å²) in [6.45, 7) is 8.48. The normalized spacial score (nSPS) is 17.8. The Labute approximate surface area is 214 Å². The number of ether oxygens (including phenoxy) is 2. The summed E-state index contributed by atoms with van der Waals surface area (Å²) in [5.41, 5.74) is 4.08. The highest BCUT2D eigenvalue weighted by Gasteiger charge is 2.41. The molecule has 1 aliphatic rings. The van der Waals surface area contributed by atoms with Crippen LogP contribution in [0.4, 0.5) is 5.69 Å². The summed E-state index contributed by atoms with van der Waals surface area (Å²) in [6, 6.07) is 20.8. The topological polar surface area (TPSA) is 79.6 Å². The Bertz CT molecular complexity index is 1400. The minimum absolute atomic E-state index is 0.0168. The maximum absolute atomic E-state index is 13.9. The molecular weight excluding hydrogens is 472 g/mol. The van der Waals surface area contributed by atoms with E-state index in [0.29, 0.717) is 22.7 Å². The van der Waals surface area contributed by atoms with Crippen molar-refractivity contribution in [2.24, 2.45) is 0 Å². The number of fused-ring (bicyclic) bond motifs is 1. The van der Waals surface area contributed by atoms with Gasteiger partial charge in [0.05, 0.1) is 36.8 Å². The largest absolute Gasteiger partial charge is 0.493 e. The number of hydrogen-bond donors (Lipinski definition) is 0. The predicted molar refractivity (Wildman–Crippen MR) is 141 cm³/mol. The van der Waals surface area contributed by atoms with Crippen LogP contribution in [0, 0.1) is 18.3 Å². The summed E-state index contributed by atoms with van der Waals surface area (Å²) >= 11 is 0. The van der Waals surface area contributed by atoms with E-state index in [4.69, 9.17) is 9.47 Å². The fourth-order valence-electron chi connectivity index (χ4n) is 4.70. The van der Waals surface area contributed by atoms with E-state index in [1.807, 2.05) is 19.1 Å². The van der Waals surface area contributed by atoms with Crippen molar-refractivity contribution in [1.29, 1.82) is 5.26 Å². The van der Waals surface area contributed by atoms with Gasteiger partial charge in [0, 0.05) is 18.5 Å². The molecule has 2 atom stereocenters. The van der Waals surface area contributed by atoms with E-state index in [1.54, 1.807) is 36.4 Å². The van der Waals surface area contributed by atoms with E-state index in [-0.39, 0.29) is 22.8 Å². The highest BCUT2D eigenvalue weighted by molar-refractivity contribution is 7.92. The Balaban J connectivity index is 1.91. The number of methoxy groups -OCH3 is 2. The minimum Gasteiger partial charge on any atom is -0.493 e. The van der Waals surface area contributed by atoms with Gasteiger partial charge in [-0.05, 0) is 47.2 Å². The second-order valence-corrected chi connectivity index (χ2v) is 12.1. The van der Waals surface area contributed by atoms with E-state index >= 15 is 0 Å². The van der Waals surface area contributed by atoms with Crippen molar-refractivity contribution < 1.29 is 17.9 Å². The SMILES string of the molecule is COc1cc2c(cc1OC)N(S(=O)(=O)c1ccc(C)cc1)C[C@@H](c1ccc(C(C)(C)C)cc1)[C@@H]2C#N. The number of nitriles is 1. The highest BCUT2D eigenvalue weighted by atomic mass is 32.2. The van der Waals surface area contributed by atoms with Gasteiger partial charge in [-0.1, -0.05) is 62.7 Å². The average molecular weight is 505 g/mol. The molecule has 0 amide bonds. The third-order valence-electron chi connectivity index (χ3n) is 6.85. The number of nitrogens with zero attached hydrogens (tertiary/aromatic N) is 2. The van der Waals surface area contributed by atoms with Gasteiger partial charge in [-0.2, -0.15) is 5.26 Å². The van der Waals surface area contributed by atoms with Crippen LogP contribution >= 0.6 is 0 Å². The van der Waals surface area contributed by atoms with Crippen molar-refractivity contribution in [2.45, 2.75) is 49.8 Å². The molecule has 3 aromatic carbocycles. The lowest BCUT2D eigenvalue weighted by Gasteiger charge is -2.38. The fourth-order valence-corrected chi connectivity index (χ4v) is 6.21. The second-order valence-electron chi connectivity index (χ2n) is 10.2. The average Bonchev–Trinajstić information content (AvgIpc) is 2.86. The molecule has 0 N–H and O–H groups in total. The van der Waals surface area contributed by atoms with E-state index in [1.165, 1.54) is 24.1 Å². The minimum atomic E-state index is -3.91. The maximum atomic E-state index is 13.9. The van der Waals surface area contributed by atoms with Gasteiger partial charge in [0.25, 0.3) is 10.0 Å². The van der Waals surface area contributed by atoms with Crippen molar-refractivity contribution >= 4 is 15.7 Å². The van der Waals surface area contributed by atoms with Crippen molar-refractivity contribution in [1.82, 2.24) is 0 Å². The van der Waals surface area contributed by atoms with E-state index in [9.17, 15) is 13.7 Å². The number of anilines is 1. The molecule has 0 radical (unpaired) electrons. The lowest BCUT2D eigenvalue weighted by atomic mass is 9.78. The molecule has 0 bridgehead atoms. The second kappa shape index (κ2) is 9.51. The number of hydrogen-bond acceptors (Lipinski definition) is 5. The third kappa shape index (κ3) is 4.54. The van der Waals surface area contributed by atoms with Crippen molar-refractivity contribution in [3.8, 4) is 17.6 Å². The Morgan fingerprint density at radius 3 is 2.06 bits per heavy atom. The van der Waals surface area contributed by atoms with Gasteiger partial charge in [-0.15, -0.1) is 0 Å². The zero-order valence-electron chi connectivity index (χ0n) is 21.6. The van der Waals surface area contributed by atoms with Crippen LogP contribution in [0.15, 0.2) is 65.6 Å². The molecule has 4 rings (SSSR count). The van der Waals surface area contributed by atoms with Crippen LogP contribution in [0.2, 0.25) is 0 Å². The van der Waals surface area contributed by atoms with Gasteiger partial charge in [0.15, 0.2) is 11.5 Å². The summed E-state index contributed by atoms with van der Waals surface area (Å²) in [5.74, 6) is -0.0717. The van der Waals surface area contributed by atoms with E-state index in [2.05, 4.69) is 39.0 Å². The highest BCUT2D eigenvalue weighted by Crippen LogP contribution is 2.49. The van der Waals surface area contributed by atoms with Gasteiger partial charge >= 0.3 is 0 Å². The van der Waals surface area contributed by atoms with Crippen LogP contribution in [0.3, 0.4) is 0 Å². The first-order valence-electron chi connectivity index (χ1n) is 11.9. The van der Waals surface area contributed by atoms with Gasteiger partial charge in [-0.25, -0.2) is 8.42 Å². The molecule has 0 saturated carbocycles. The molecule has 0 saturated heterocycles. The van der Waals surface area contributed by atoms with Crippen LogP contribution < -0.4 is 13.8 Å². The van der Waals surface area contributed by atoms with Crippen LogP contribution in [-0.2, 0) is 15.4 Å². The summed E-state index contributed by atoms with van der Waals surface area (Å²) in [7, 11) is -0.880. The molecule has 36 heavy (non-hydrogen) atoms. The molecule has 188 valence electrons. The van der Waals surface area contributed by atoms with Crippen molar-refractivity contribution in [3.05, 3.63) is 82.9 Å². The predicted octanol–water partition coefficient (Wildman–Crippen LogP) is 5.91. The Kier molecular flexibility index (Phi) is 6.76. The maximum Gasteiger partial charge on any atom is 0.264 e. The van der Waals surface area contributed by atoms with Crippen LogP contribution in [0.5, 0.6) is 11.5 Å². The Hall–Kier alpha value is -3.50. The van der Waals surface area contributed by atoms with Crippen molar-refractivity contribution in [3.63, 3.8) is 0 Å². The third-order valence-corrected chi connectivity index (χ3v) is 8.65. The number of sulfonamides is 1. The van der Waals surface area contributed by atoms with Gasteiger partial charge in [-0.3, -0.25) is 4.31 Å². The standard InChI is InChI=1S/C29H32N2O4S/c1-19-7-13-22(14-8-19)36(32,33)31-18-25(20-9-11-21(12-10-20)29(2,3)4)24(17-30)23-15-27(34-5)28(35-6)16-26(23)31/h7-16,24-25H,18H2,1-6H3/t24-,25+/m1/s1. The number of benzene rings is 3. The molecular formula is C29H32N2O4S. The lowest BCUT2D eigenvalue weighted by molar-refractivity contribution is 0.354. The van der Waals surface area contributed by atoms with Gasteiger partial charge < -0.3 is 9.47 Å². The number of aryl methyl sites for hydroxylation is 1. The first kappa shape index (κ1) is 25.6. The Morgan fingerprint density at radius 1 is 0.944 bits per heavy atom. The van der Waals surface area contributed by atoms with Crippen LogP contribution in [0.1, 0.15) is 54.9 Å². The molecule has 3 aromatic rings. The quantitative estimate of drug-likeness (QED) is 0.432. The fraction of sp³-hybridized carbons (Fsp3) is 0.345. The molecule has 0 aliphatic carbocycles. The monoisotopic (exact) mass is 504 g/mol. The summed E-state index contributed by atoms with van der Waals surface area (Å²) < 4.78 is 40.3. The van der Waals surface area contributed by atoms with E-state index in [0.717, 1.165) is 11.1 Å². The van der Waals surface area contributed by atoms with E-state index < -0.39 is 15.9 Å². The molecule has 0 unspecified atom stereocenters. The summed E-state index contributed by atoms with van der Waals surface area (Å²) in [6.07, 6.45) is 0.